The van der Waals surface area contributed by atoms with Crippen LogP contribution in [0.15, 0.2) is 48.5 Å². The first kappa shape index (κ1) is 17.3. The summed E-state index contributed by atoms with van der Waals surface area (Å²) in [5.74, 6) is 0.515. The lowest BCUT2D eigenvalue weighted by atomic mass is 10.2. The van der Waals surface area contributed by atoms with Crippen molar-refractivity contribution in [3.05, 3.63) is 54.1 Å². The normalized spacial score (nSPS) is 14.9. The van der Waals surface area contributed by atoms with Gasteiger partial charge in [0.15, 0.2) is 0 Å². The van der Waals surface area contributed by atoms with Gasteiger partial charge in [-0.2, -0.15) is 0 Å². The molecule has 0 aromatic heterocycles. The number of nitrogen functional groups attached to an aromatic ring is 1. The molecule has 132 valence electrons. The first-order chi connectivity index (χ1) is 12.2. The molecule has 0 radical (unpaired) electrons. The van der Waals surface area contributed by atoms with Crippen molar-refractivity contribution < 1.29 is 14.3 Å². The van der Waals surface area contributed by atoms with Crippen LogP contribution in [0.5, 0.6) is 5.75 Å². The first-order valence-corrected chi connectivity index (χ1v) is 8.40. The second kappa shape index (κ2) is 8.50. The Labute approximate surface area is 147 Å². The average Bonchev–Trinajstić information content (AvgIpc) is 2.65. The molecule has 0 aliphatic carbocycles. The summed E-state index contributed by atoms with van der Waals surface area (Å²) in [5, 5.41) is 2.85. The first-order valence-electron chi connectivity index (χ1n) is 8.40. The van der Waals surface area contributed by atoms with Gasteiger partial charge in [0.25, 0.3) is 5.91 Å². The lowest BCUT2D eigenvalue weighted by Crippen LogP contribution is -2.38. The van der Waals surface area contributed by atoms with E-state index < -0.39 is 0 Å². The van der Waals surface area contributed by atoms with E-state index in [0.717, 1.165) is 32.8 Å². The van der Waals surface area contributed by atoms with Crippen molar-refractivity contribution in [2.24, 2.45) is 0 Å². The Hall–Kier alpha value is -2.57. The number of nitrogens with zero attached hydrogens (tertiary/aromatic N) is 1. The van der Waals surface area contributed by atoms with Crippen LogP contribution < -0.4 is 15.8 Å². The fourth-order valence-electron chi connectivity index (χ4n) is 2.61. The number of hydrogen-bond donors (Lipinski definition) is 2. The van der Waals surface area contributed by atoms with Crippen LogP contribution in [-0.4, -0.2) is 50.3 Å². The van der Waals surface area contributed by atoms with Crippen LogP contribution in [0, 0.1) is 0 Å². The van der Waals surface area contributed by atoms with Gasteiger partial charge in [-0.05, 0) is 42.5 Å². The Balaban J connectivity index is 1.53. The number of carbonyl (C=O) groups is 1. The second-order valence-electron chi connectivity index (χ2n) is 5.91. The molecule has 0 bridgehead atoms. The van der Waals surface area contributed by atoms with E-state index in [4.69, 9.17) is 15.2 Å². The Morgan fingerprint density at radius 3 is 2.68 bits per heavy atom. The van der Waals surface area contributed by atoms with Gasteiger partial charge < -0.3 is 20.5 Å². The Morgan fingerprint density at radius 2 is 1.92 bits per heavy atom. The van der Waals surface area contributed by atoms with E-state index in [2.05, 4.69) is 10.2 Å². The molecule has 3 rings (SSSR count). The predicted molar refractivity (Wildman–Crippen MR) is 98.0 cm³/mol. The van der Waals surface area contributed by atoms with Crippen molar-refractivity contribution in [3.63, 3.8) is 0 Å². The summed E-state index contributed by atoms with van der Waals surface area (Å²) in [4.78, 5) is 14.7. The third-order valence-electron chi connectivity index (χ3n) is 4.04. The molecule has 0 spiro atoms. The summed E-state index contributed by atoms with van der Waals surface area (Å²) in [7, 11) is 0. The largest absolute Gasteiger partial charge is 0.492 e. The molecule has 6 heteroatoms. The van der Waals surface area contributed by atoms with Crippen LogP contribution in [0.25, 0.3) is 0 Å². The molecular weight excluding hydrogens is 318 g/mol. The number of hydrogen-bond acceptors (Lipinski definition) is 5. The Bertz CT molecular complexity index is 697. The maximum absolute atomic E-state index is 12.4. The zero-order chi connectivity index (χ0) is 17.5. The predicted octanol–water partition coefficient (Wildman–Crippen LogP) is 2.23. The van der Waals surface area contributed by atoms with Crippen molar-refractivity contribution in [1.82, 2.24) is 4.90 Å². The highest BCUT2D eigenvalue weighted by molar-refractivity contribution is 6.04. The fraction of sp³-hybridized carbons (Fsp3) is 0.316. The molecule has 2 aromatic rings. The van der Waals surface area contributed by atoms with Crippen molar-refractivity contribution in [1.29, 1.82) is 0 Å². The zero-order valence-corrected chi connectivity index (χ0v) is 14.1. The fourth-order valence-corrected chi connectivity index (χ4v) is 2.61. The van der Waals surface area contributed by atoms with Gasteiger partial charge in [-0.25, -0.2) is 0 Å². The van der Waals surface area contributed by atoms with Crippen molar-refractivity contribution >= 4 is 17.3 Å². The molecule has 0 atom stereocenters. The topological polar surface area (TPSA) is 76.8 Å². The van der Waals surface area contributed by atoms with Crippen molar-refractivity contribution in [2.75, 3.05) is 50.5 Å². The molecule has 6 nitrogen and oxygen atoms in total. The molecule has 1 saturated heterocycles. The minimum Gasteiger partial charge on any atom is -0.492 e. The molecule has 1 aliphatic heterocycles. The minimum atomic E-state index is -0.177. The number of nitrogens with two attached hydrogens (primary N) is 1. The standard InChI is InChI=1S/C19H23N3O3/c20-16-4-6-17(7-5-16)21-19(23)15-2-1-3-18(14-15)25-13-10-22-8-11-24-12-9-22/h1-7,14H,8-13,20H2,(H,21,23). The average molecular weight is 341 g/mol. The molecule has 1 heterocycles. The van der Waals surface area contributed by atoms with Crippen LogP contribution in [0.1, 0.15) is 10.4 Å². The van der Waals surface area contributed by atoms with Crippen LogP contribution in [-0.2, 0) is 4.74 Å². The molecule has 1 aliphatic rings. The molecule has 1 amide bonds. The van der Waals surface area contributed by atoms with Gasteiger partial charge in [0.05, 0.1) is 13.2 Å². The summed E-state index contributed by atoms with van der Waals surface area (Å²) in [6.07, 6.45) is 0. The smallest absolute Gasteiger partial charge is 0.255 e. The highest BCUT2D eigenvalue weighted by Gasteiger charge is 2.11. The zero-order valence-electron chi connectivity index (χ0n) is 14.1. The lowest BCUT2D eigenvalue weighted by Gasteiger charge is -2.26. The third kappa shape index (κ3) is 5.20. The number of rotatable bonds is 6. The van der Waals surface area contributed by atoms with Gasteiger partial charge in [-0.1, -0.05) is 6.07 Å². The van der Waals surface area contributed by atoms with Gasteiger partial charge in [0, 0.05) is 36.6 Å². The number of carbonyl (C=O) groups excluding carboxylic acids is 1. The highest BCUT2D eigenvalue weighted by atomic mass is 16.5. The van der Waals surface area contributed by atoms with E-state index in [-0.39, 0.29) is 5.91 Å². The summed E-state index contributed by atoms with van der Waals surface area (Å²) in [6.45, 7) is 4.87. The minimum absolute atomic E-state index is 0.177. The molecule has 0 unspecified atom stereocenters. The molecule has 1 fully saturated rings. The Morgan fingerprint density at radius 1 is 1.16 bits per heavy atom. The van der Waals surface area contributed by atoms with E-state index in [1.165, 1.54) is 0 Å². The van der Waals surface area contributed by atoms with E-state index in [9.17, 15) is 4.79 Å². The number of nitrogens with one attached hydrogen (secondary N) is 1. The molecule has 3 N–H and O–H groups in total. The monoisotopic (exact) mass is 341 g/mol. The molecule has 2 aromatic carbocycles. The Kier molecular flexibility index (Phi) is 5.87. The van der Waals surface area contributed by atoms with E-state index in [1.807, 2.05) is 12.1 Å². The van der Waals surface area contributed by atoms with Gasteiger partial charge in [-0.3, -0.25) is 9.69 Å². The maximum Gasteiger partial charge on any atom is 0.255 e. The van der Waals surface area contributed by atoms with Crippen LogP contribution >= 0.6 is 0 Å². The number of morpholine rings is 1. The SMILES string of the molecule is Nc1ccc(NC(=O)c2cccc(OCCN3CCOCC3)c2)cc1. The molecular formula is C19H23N3O3. The van der Waals surface area contributed by atoms with Gasteiger partial charge >= 0.3 is 0 Å². The summed E-state index contributed by atoms with van der Waals surface area (Å²) in [5.41, 5.74) is 7.57. The van der Waals surface area contributed by atoms with E-state index in [0.29, 0.717) is 29.3 Å². The number of ether oxygens (including phenoxy) is 2. The molecule has 25 heavy (non-hydrogen) atoms. The highest BCUT2D eigenvalue weighted by Crippen LogP contribution is 2.16. The van der Waals surface area contributed by atoms with Crippen LogP contribution in [0.3, 0.4) is 0 Å². The van der Waals surface area contributed by atoms with Crippen LogP contribution in [0.2, 0.25) is 0 Å². The van der Waals surface area contributed by atoms with E-state index in [1.54, 1.807) is 36.4 Å². The van der Waals surface area contributed by atoms with Gasteiger partial charge in [-0.15, -0.1) is 0 Å². The summed E-state index contributed by atoms with van der Waals surface area (Å²) < 4.78 is 11.1. The van der Waals surface area contributed by atoms with Crippen molar-refractivity contribution in [2.45, 2.75) is 0 Å². The van der Waals surface area contributed by atoms with Gasteiger partial charge in [0.2, 0.25) is 0 Å². The number of benzene rings is 2. The summed E-state index contributed by atoms with van der Waals surface area (Å²) >= 11 is 0. The molecule has 0 saturated carbocycles. The van der Waals surface area contributed by atoms with E-state index >= 15 is 0 Å². The third-order valence-corrected chi connectivity index (χ3v) is 4.04. The number of amides is 1. The number of anilines is 2. The second-order valence-corrected chi connectivity index (χ2v) is 5.91. The quantitative estimate of drug-likeness (QED) is 0.788. The van der Waals surface area contributed by atoms with Gasteiger partial charge in [0.1, 0.15) is 12.4 Å². The maximum atomic E-state index is 12.4. The lowest BCUT2D eigenvalue weighted by molar-refractivity contribution is 0.0322. The summed E-state index contributed by atoms with van der Waals surface area (Å²) in [6, 6.07) is 14.3. The van der Waals surface area contributed by atoms with Crippen LogP contribution in [0.4, 0.5) is 11.4 Å². The van der Waals surface area contributed by atoms with Crippen molar-refractivity contribution in [3.8, 4) is 5.75 Å².